The average molecular weight is 472 g/mol. The topological polar surface area (TPSA) is 89.9 Å². The van der Waals surface area contributed by atoms with E-state index in [0.717, 1.165) is 43.5 Å². The fraction of sp³-hybridized carbons (Fsp3) is 0.286. The maximum absolute atomic E-state index is 12.9. The number of ether oxygens (including phenoxy) is 1. The van der Waals surface area contributed by atoms with Crippen molar-refractivity contribution < 1.29 is 9.53 Å². The molecule has 4 aromatic rings. The van der Waals surface area contributed by atoms with Gasteiger partial charge in [0.25, 0.3) is 0 Å². The summed E-state index contributed by atoms with van der Waals surface area (Å²) in [5.74, 6) is 0.707. The quantitative estimate of drug-likeness (QED) is 0.276. The molecule has 3 aromatic heterocycles. The Bertz CT molecular complexity index is 1190. The Labute approximate surface area is 192 Å². The van der Waals surface area contributed by atoms with Crippen molar-refractivity contribution in [2.75, 3.05) is 12.4 Å². The molecule has 1 N–H and O–H groups in total. The fourth-order valence-corrected chi connectivity index (χ4v) is 5.71. The first-order valence-corrected chi connectivity index (χ1v) is 12.4. The first-order chi connectivity index (χ1) is 15.1. The molecule has 1 atom stereocenters. The lowest BCUT2D eigenvalue weighted by Gasteiger charge is -2.14. The van der Waals surface area contributed by atoms with Gasteiger partial charge in [0.05, 0.1) is 17.7 Å². The maximum Gasteiger partial charge on any atom is 0.239 e. The van der Waals surface area contributed by atoms with Crippen molar-refractivity contribution in [1.29, 1.82) is 0 Å². The van der Waals surface area contributed by atoms with E-state index in [-0.39, 0.29) is 11.2 Å². The molecule has 0 fully saturated rings. The summed E-state index contributed by atoms with van der Waals surface area (Å²) in [7, 11) is 1.65. The lowest BCUT2D eigenvalue weighted by Crippen LogP contribution is -2.24. The molecule has 31 heavy (non-hydrogen) atoms. The van der Waals surface area contributed by atoms with E-state index in [1.807, 2.05) is 38.1 Å². The zero-order valence-electron chi connectivity index (χ0n) is 17.3. The summed E-state index contributed by atoms with van der Waals surface area (Å²) >= 11 is 4.43. The monoisotopic (exact) mass is 471 g/mol. The van der Waals surface area contributed by atoms with Gasteiger partial charge in [-0.05, 0) is 30.5 Å². The van der Waals surface area contributed by atoms with E-state index in [1.165, 1.54) is 23.1 Å². The molecule has 0 spiro atoms. The highest BCUT2D eigenvalue weighted by atomic mass is 32.2. The Hall–Kier alpha value is -2.56. The number of methoxy groups -OCH3 is 1. The maximum atomic E-state index is 12.9. The number of fused-ring (bicyclic) bond motifs is 1. The second-order valence-electron chi connectivity index (χ2n) is 6.60. The summed E-state index contributed by atoms with van der Waals surface area (Å²) in [5, 5.41) is 16.0. The van der Waals surface area contributed by atoms with Crippen molar-refractivity contribution in [2.45, 2.75) is 37.0 Å². The van der Waals surface area contributed by atoms with Crippen LogP contribution in [0.15, 0.2) is 41.0 Å². The predicted octanol–water partition coefficient (Wildman–Crippen LogP) is 5.29. The zero-order valence-corrected chi connectivity index (χ0v) is 19.7. The largest absolute Gasteiger partial charge is 0.497 e. The van der Waals surface area contributed by atoms with Gasteiger partial charge in [-0.3, -0.25) is 10.1 Å². The molecule has 1 aromatic carbocycles. The molecular formula is C21H21N5O2S3. The zero-order chi connectivity index (χ0) is 21.8. The number of nitrogens with zero attached hydrogens (tertiary/aromatic N) is 4. The lowest BCUT2D eigenvalue weighted by molar-refractivity contribution is -0.115. The molecule has 0 aliphatic rings. The number of aromatic nitrogens is 4. The minimum atomic E-state index is -0.310. The van der Waals surface area contributed by atoms with Crippen LogP contribution in [0.2, 0.25) is 0 Å². The van der Waals surface area contributed by atoms with Crippen LogP contribution in [0.5, 0.6) is 5.75 Å². The third kappa shape index (κ3) is 4.70. The van der Waals surface area contributed by atoms with Crippen molar-refractivity contribution in [3.8, 4) is 16.9 Å². The number of thiophene rings is 1. The molecule has 0 bridgehead atoms. The number of hydrogen-bond donors (Lipinski definition) is 1. The molecular weight excluding hydrogens is 450 g/mol. The number of carbonyl (C=O) groups excluding carboxylic acids is 1. The van der Waals surface area contributed by atoms with Crippen LogP contribution >= 0.6 is 34.4 Å². The second-order valence-corrected chi connectivity index (χ2v) is 9.71. The van der Waals surface area contributed by atoms with Crippen molar-refractivity contribution >= 4 is 55.7 Å². The van der Waals surface area contributed by atoms with Gasteiger partial charge < -0.3 is 4.74 Å². The van der Waals surface area contributed by atoms with Gasteiger partial charge in [0.2, 0.25) is 11.0 Å². The summed E-state index contributed by atoms with van der Waals surface area (Å²) in [6.45, 7) is 4.00. The minimum absolute atomic E-state index is 0.0979. The average Bonchev–Trinajstić information content (AvgIpc) is 3.44. The summed E-state index contributed by atoms with van der Waals surface area (Å²) in [4.78, 5) is 22.7. The Balaban J connectivity index is 1.61. The first-order valence-electron chi connectivity index (χ1n) is 9.79. The molecule has 10 heteroatoms. The normalized spacial score (nSPS) is 12.1. The van der Waals surface area contributed by atoms with E-state index >= 15 is 0 Å². The van der Waals surface area contributed by atoms with Gasteiger partial charge in [0, 0.05) is 10.9 Å². The Morgan fingerprint density at radius 1 is 1.19 bits per heavy atom. The van der Waals surface area contributed by atoms with Gasteiger partial charge in [0.1, 0.15) is 26.9 Å². The first kappa shape index (κ1) is 21.7. The highest BCUT2D eigenvalue weighted by Crippen LogP contribution is 2.40. The van der Waals surface area contributed by atoms with Crippen molar-refractivity contribution in [1.82, 2.24) is 20.2 Å². The molecule has 7 nitrogen and oxygen atoms in total. The van der Waals surface area contributed by atoms with Gasteiger partial charge in [-0.2, -0.15) is 0 Å². The summed E-state index contributed by atoms with van der Waals surface area (Å²) in [6.07, 6.45) is 3.01. The van der Waals surface area contributed by atoms with E-state index in [2.05, 4.69) is 30.9 Å². The third-order valence-electron chi connectivity index (χ3n) is 4.65. The number of rotatable bonds is 8. The van der Waals surface area contributed by atoms with E-state index in [9.17, 15) is 4.79 Å². The fourth-order valence-electron chi connectivity index (χ4n) is 3.01. The molecule has 160 valence electrons. The SMILES string of the molecule is CCc1nnc(NC(=O)C(CC)Sc2ncnc3scc(-c4ccc(OC)cc4)c23)s1. The number of benzene rings is 1. The van der Waals surface area contributed by atoms with Crippen LogP contribution < -0.4 is 10.1 Å². The van der Waals surface area contributed by atoms with Crippen molar-refractivity contribution in [2.24, 2.45) is 0 Å². The number of thioether (sulfide) groups is 1. The van der Waals surface area contributed by atoms with Crippen molar-refractivity contribution in [3.63, 3.8) is 0 Å². The summed E-state index contributed by atoms with van der Waals surface area (Å²) in [5.41, 5.74) is 2.11. The van der Waals surface area contributed by atoms with Crippen LogP contribution in [0.4, 0.5) is 5.13 Å². The summed E-state index contributed by atoms with van der Waals surface area (Å²) in [6, 6.07) is 7.91. The van der Waals surface area contributed by atoms with Gasteiger partial charge in [0.15, 0.2) is 0 Å². The number of nitrogens with one attached hydrogen (secondary N) is 1. The minimum Gasteiger partial charge on any atom is -0.497 e. The number of hydrogen-bond acceptors (Lipinski definition) is 9. The second kappa shape index (κ2) is 9.71. The lowest BCUT2D eigenvalue weighted by atomic mass is 10.1. The molecule has 0 radical (unpaired) electrons. The van der Waals surface area contributed by atoms with Crippen LogP contribution in [-0.2, 0) is 11.2 Å². The van der Waals surface area contributed by atoms with Crippen LogP contribution in [0, 0.1) is 0 Å². The smallest absolute Gasteiger partial charge is 0.239 e. The molecule has 4 rings (SSSR count). The number of amides is 1. The number of aryl methyl sites for hydroxylation is 1. The van der Waals surface area contributed by atoms with E-state index < -0.39 is 0 Å². The van der Waals surface area contributed by atoms with E-state index in [4.69, 9.17) is 4.74 Å². The molecule has 0 aliphatic heterocycles. The molecule has 0 saturated heterocycles. The van der Waals surface area contributed by atoms with E-state index in [0.29, 0.717) is 11.6 Å². The van der Waals surface area contributed by atoms with Crippen molar-refractivity contribution in [3.05, 3.63) is 41.0 Å². The summed E-state index contributed by atoms with van der Waals surface area (Å²) < 4.78 is 5.27. The van der Waals surface area contributed by atoms with Crippen LogP contribution in [0.1, 0.15) is 25.3 Å². The van der Waals surface area contributed by atoms with Gasteiger partial charge in [-0.25, -0.2) is 9.97 Å². The van der Waals surface area contributed by atoms with Gasteiger partial charge in [-0.1, -0.05) is 49.1 Å². The molecule has 1 amide bonds. The van der Waals surface area contributed by atoms with Crippen LogP contribution in [0.25, 0.3) is 21.3 Å². The predicted molar refractivity (Wildman–Crippen MR) is 127 cm³/mol. The Kier molecular flexibility index (Phi) is 6.79. The number of anilines is 1. The molecule has 0 aliphatic carbocycles. The number of carbonyl (C=O) groups is 1. The highest BCUT2D eigenvalue weighted by Gasteiger charge is 2.23. The molecule has 0 saturated carbocycles. The Morgan fingerprint density at radius 3 is 2.68 bits per heavy atom. The van der Waals surface area contributed by atoms with Gasteiger partial charge in [-0.15, -0.1) is 21.5 Å². The third-order valence-corrected chi connectivity index (χ3v) is 7.89. The standard InChI is InChI=1S/C21H21N5O2S3/c1-4-15(18(27)24-21-26-25-16(5-2)31-21)30-20-17-14(10-29-19(17)22-11-23-20)12-6-8-13(28-3)9-7-12/h6-11,15H,4-5H2,1-3H3,(H,24,26,27). The molecule has 1 unspecified atom stereocenters. The highest BCUT2D eigenvalue weighted by molar-refractivity contribution is 8.00. The Morgan fingerprint density at radius 2 is 2.00 bits per heavy atom. The van der Waals surface area contributed by atoms with E-state index in [1.54, 1.807) is 24.8 Å². The van der Waals surface area contributed by atoms with Crippen LogP contribution in [-0.4, -0.2) is 38.4 Å². The van der Waals surface area contributed by atoms with Crippen LogP contribution in [0.3, 0.4) is 0 Å². The molecule has 3 heterocycles. The van der Waals surface area contributed by atoms with Gasteiger partial charge >= 0.3 is 0 Å².